The van der Waals surface area contributed by atoms with Gasteiger partial charge >= 0.3 is 0 Å². The first-order valence-electron chi connectivity index (χ1n) is 7.80. The maximum atomic E-state index is 9.59. The number of hydrogen-bond acceptors (Lipinski definition) is 4. The number of nitriles is 1. The van der Waals surface area contributed by atoms with Crippen molar-refractivity contribution >= 4 is 22.4 Å². The third kappa shape index (κ3) is 2.46. The van der Waals surface area contributed by atoms with Gasteiger partial charge < -0.3 is 16.5 Å². The van der Waals surface area contributed by atoms with Crippen molar-refractivity contribution in [2.45, 2.75) is 0 Å². The molecule has 0 spiro atoms. The molecule has 0 saturated carbocycles. The highest BCUT2D eigenvalue weighted by Crippen LogP contribution is 2.35. The van der Waals surface area contributed by atoms with Crippen LogP contribution in [0.1, 0.15) is 5.56 Å². The summed E-state index contributed by atoms with van der Waals surface area (Å²) in [7, 11) is 0. The summed E-state index contributed by atoms with van der Waals surface area (Å²) in [6, 6.07) is 19.4. The van der Waals surface area contributed by atoms with Crippen LogP contribution < -0.4 is 11.5 Å². The van der Waals surface area contributed by atoms with Crippen LogP contribution in [0.25, 0.3) is 33.3 Å². The molecule has 0 aliphatic carbocycles. The SMILES string of the molecule is N#Cc1c(-c2cccc3[nH]ccc23)cc(-c2cccc(N)c2)nc1N. The zero-order chi connectivity index (χ0) is 17.4. The van der Waals surface area contributed by atoms with Crippen LogP contribution >= 0.6 is 0 Å². The molecular weight excluding hydrogens is 310 g/mol. The Morgan fingerprint density at radius 1 is 0.960 bits per heavy atom. The zero-order valence-electron chi connectivity index (χ0n) is 13.3. The number of aromatic nitrogens is 2. The van der Waals surface area contributed by atoms with E-state index in [1.165, 1.54) is 0 Å². The summed E-state index contributed by atoms with van der Waals surface area (Å²) in [6.07, 6.45) is 1.88. The zero-order valence-corrected chi connectivity index (χ0v) is 13.3. The molecule has 5 heteroatoms. The number of anilines is 2. The molecule has 5 N–H and O–H groups in total. The van der Waals surface area contributed by atoms with Gasteiger partial charge in [0.15, 0.2) is 0 Å². The predicted octanol–water partition coefficient (Wildman–Crippen LogP) is 3.93. The monoisotopic (exact) mass is 325 g/mol. The quantitative estimate of drug-likeness (QED) is 0.485. The second kappa shape index (κ2) is 5.69. The largest absolute Gasteiger partial charge is 0.399 e. The van der Waals surface area contributed by atoms with E-state index >= 15 is 0 Å². The average Bonchev–Trinajstić information content (AvgIpc) is 3.09. The van der Waals surface area contributed by atoms with Crippen LogP contribution in [0.3, 0.4) is 0 Å². The van der Waals surface area contributed by atoms with Crippen LogP contribution in [-0.2, 0) is 0 Å². The van der Waals surface area contributed by atoms with Gasteiger partial charge in [-0.2, -0.15) is 5.26 Å². The lowest BCUT2D eigenvalue weighted by Gasteiger charge is -2.11. The number of fused-ring (bicyclic) bond motifs is 1. The van der Waals surface area contributed by atoms with E-state index in [2.05, 4.69) is 16.0 Å². The van der Waals surface area contributed by atoms with Gasteiger partial charge in [-0.05, 0) is 35.9 Å². The molecule has 0 bridgehead atoms. The minimum absolute atomic E-state index is 0.213. The van der Waals surface area contributed by atoms with Crippen molar-refractivity contribution < 1.29 is 0 Å². The number of nitrogen functional groups attached to an aromatic ring is 2. The van der Waals surface area contributed by atoms with Gasteiger partial charge in [0.1, 0.15) is 17.5 Å². The van der Waals surface area contributed by atoms with Crippen LogP contribution in [0.4, 0.5) is 11.5 Å². The van der Waals surface area contributed by atoms with Gasteiger partial charge in [0, 0.05) is 33.9 Å². The molecular formula is C20H15N5. The number of H-pyrrole nitrogens is 1. The molecule has 0 aliphatic heterocycles. The highest BCUT2D eigenvalue weighted by molar-refractivity contribution is 5.98. The van der Waals surface area contributed by atoms with Gasteiger partial charge in [-0.25, -0.2) is 4.98 Å². The second-order valence-corrected chi connectivity index (χ2v) is 5.80. The molecule has 2 aromatic carbocycles. The molecule has 2 aromatic heterocycles. The third-order valence-corrected chi connectivity index (χ3v) is 4.23. The Kier molecular flexibility index (Phi) is 3.37. The molecule has 0 unspecified atom stereocenters. The molecule has 25 heavy (non-hydrogen) atoms. The Morgan fingerprint density at radius 2 is 1.80 bits per heavy atom. The van der Waals surface area contributed by atoms with Crippen molar-refractivity contribution in [3.63, 3.8) is 0 Å². The van der Waals surface area contributed by atoms with Crippen LogP contribution in [0.15, 0.2) is 60.8 Å². The molecule has 0 amide bonds. The van der Waals surface area contributed by atoms with Gasteiger partial charge in [0.2, 0.25) is 0 Å². The van der Waals surface area contributed by atoms with Crippen LogP contribution in [-0.4, -0.2) is 9.97 Å². The number of rotatable bonds is 2. The number of benzene rings is 2. The second-order valence-electron chi connectivity index (χ2n) is 5.80. The topological polar surface area (TPSA) is 105 Å². The Balaban J connectivity index is 2.02. The molecule has 0 aliphatic rings. The summed E-state index contributed by atoms with van der Waals surface area (Å²) >= 11 is 0. The predicted molar refractivity (Wildman–Crippen MR) is 101 cm³/mol. The summed E-state index contributed by atoms with van der Waals surface area (Å²) in [6.45, 7) is 0. The van der Waals surface area contributed by atoms with Gasteiger partial charge in [0.05, 0.1) is 5.69 Å². The molecule has 0 fully saturated rings. The number of pyridine rings is 1. The molecule has 0 radical (unpaired) electrons. The summed E-state index contributed by atoms with van der Waals surface area (Å²) in [5.74, 6) is 0.213. The maximum absolute atomic E-state index is 9.59. The smallest absolute Gasteiger partial charge is 0.142 e. The van der Waals surface area contributed by atoms with Crippen molar-refractivity contribution in [2.75, 3.05) is 11.5 Å². The van der Waals surface area contributed by atoms with Crippen molar-refractivity contribution in [1.82, 2.24) is 9.97 Å². The highest BCUT2D eigenvalue weighted by atomic mass is 14.8. The fraction of sp³-hybridized carbons (Fsp3) is 0. The summed E-state index contributed by atoms with van der Waals surface area (Å²) < 4.78 is 0. The molecule has 2 heterocycles. The Morgan fingerprint density at radius 3 is 2.60 bits per heavy atom. The lowest BCUT2D eigenvalue weighted by Crippen LogP contribution is -2.00. The fourth-order valence-electron chi connectivity index (χ4n) is 3.06. The molecule has 0 saturated heterocycles. The van der Waals surface area contributed by atoms with E-state index in [1.807, 2.05) is 60.8 Å². The van der Waals surface area contributed by atoms with E-state index in [0.717, 1.165) is 27.6 Å². The lowest BCUT2D eigenvalue weighted by molar-refractivity contribution is 1.31. The summed E-state index contributed by atoms with van der Waals surface area (Å²) in [4.78, 5) is 7.59. The van der Waals surface area contributed by atoms with E-state index in [9.17, 15) is 5.26 Å². The van der Waals surface area contributed by atoms with Gasteiger partial charge in [0.25, 0.3) is 0 Å². The molecule has 4 rings (SSSR count). The third-order valence-electron chi connectivity index (χ3n) is 4.23. The average molecular weight is 325 g/mol. The molecule has 0 atom stereocenters. The highest BCUT2D eigenvalue weighted by Gasteiger charge is 2.15. The van der Waals surface area contributed by atoms with E-state index in [4.69, 9.17) is 11.5 Å². The van der Waals surface area contributed by atoms with Crippen molar-refractivity contribution in [3.8, 4) is 28.5 Å². The Bertz CT molecular complexity index is 1130. The van der Waals surface area contributed by atoms with E-state index in [-0.39, 0.29) is 5.82 Å². The van der Waals surface area contributed by atoms with Crippen LogP contribution in [0.2, 0.25) is 0 Å². The molecule has 5 nitrogen and oxygen atoms in total. The number of nitrogens with one attached hydrogen (secondary N) is 1. The first-order valence-corrected chi connectivity index (χ1v) is 7.80. The van der Waals surface area contributed by atoms with Crippen LogP contribution in [0, 0.1) is 11.3 Å². The Hall–Kier alpha value is -3.78. The minimum atomic E-state index is 0.213. The summed E-state index contributed by atoms with van der Waals surface area (Å²) in [5, 5.41) is 10.6. The first kappa shape index (κ1) is 14.8. The van der Waals surface area contributed by atoms with E-state index in [0.29, 0.717) is 16.9 Å². The van der Waals surface area contributed by atoms with E-state index in [1.54, 1.807) is 0 Å². The van der Waals surface area contributed by atoms with Crippen molar-refractivity contribution in [3.05, 3.63) is 66.4 Å². The number of hydrogen-bond donors (Lipinski definition) is 3. The van der Waals surface area contributed by atoms with Crippen LogP contribution in [0.5, 0.6) is 0 Å². The van der Waals surface area contributed by atoms with E-state index < -0.39 is 0 Å². The standard InChI is InChI=1S/C20H15N5/c21-11-17-16(14-5-2-6-18-15(14)7-8-24-18)10-19(25-20(17)23)12-3-1-4-13(22)9-12/h1-10,24H,22H2,(H2,23,25). The molecule has 120 valence electrons. The van der Waals surface area contributed by atoms with Gasteiger partial charge in [-0.1, -0.05) is 24.3 Å². The number of nitrogens with zero attached hydrogens (tertiary/aromatic N) is 2. The van der Waals surface area contributed by atoms with Crippen molar-refractivity contribution in [2.24, 2.45) is 0 Å². The first-order chi connectivity index (χ1) is 12.2. The fourth-order valence-corrected chi connectivity index (χ4v) is 3.06. The van der Waals surface area contributed by atoms with Crippen molar-refractivity contribution in [1.29, 1.82) is 5.26 Å². The number of aromatic amines is 1. The van der Waals surface area contributed by atoms with Gasteiger partial charge in [-0.3, -0.25) is 0 Å². The minimum Gasteiger partial charge on any atom is -0.399 e. The number of nitrogens with two attached hydrogens (primary N) is 2. The summed E-state index contributed by atoms with van der Waals surface area (Å²) in [5.41, 5.74) is 17.3. The molecule has 4 aromatic rings. The maximum Gasteiger partial charge on any atom is 0.142 e. The van der Waals surface area contributed by atoms with Gasteiger partial charge in [-0.15, -0.1) is 0 Å². The lowest BCUT2D eigenvalue weighted by atomic mass is 9.96. The Labute approximate surface area is 144 Å². The normalized spacial score (nSPS) is 10.7.